The predicted molar refractivity (Wildman–Crippen MR) is 372 cm³/mol. The molecule has 3 rings (SSSR count). The van der Waals surface area contributed by atoms with E-state index in [-0.39, 0.29) is 107 Å². The quantitative estimate of drug-likeness (QED) is 0.0205. The molecule has 3 aromatic carbocycles. The summed E-state index contributed by atoms with van der Waals surface area (Å²) >= 11 is 0. The number of rotatable bonds is 47. The van der Waals surface area contributed by atoms with Crippen molar-refractivity contribution in [3.63, 3.8) is 0 Å². The van der Waals surface area contributed by atoms with Crippen molar-refractivity contribution in [2.75, 3.05) is 55.2 Å². The van der Waals surface area contributed by atoms with Crippen LogP contribution in [-0.2, 0) is 74.0 Å². The van der Waals surface area contributed by atoms with E-state index in [0.717, 1.165) is 43.1 Å². The van der Waals surface area contributed by atoms with Gasteiger partial charge in [-0.3, -0.25) is 43.2 Å². The van der Waals surface area contributed by atoms with Gasteiger partial charge in [0.2, 0.25) is 17.7 Å². The van der Waals surface area contributed by atoms with E-state index < -0.39 is 62.4 Å². The molecule has 93 heavy (non-hydrogen) atoms. The summed E-state index contributed by atoms with van der Waals surface area (Å²) in [6.45, 7) is 11.3. The summed E-state index contributed by atoms with van der Waals surface area (Å²) < 4.78 is 38.1. The zero-order valence-electron chi connectivity index (χ0n) is 55.1. The van der Waals surface area contributed by atoms with Gasteiger partial charge < -0.3 is 64.2 Å². The van der Waals surface area contributed by atoms with Crippen molar-refractivity contribution in [1.29, 1.82) is 0 Å². The van der Waals surface area contributed by atoms with Gasteiger partial charge in [-0.1, -0.05) is 98.7 Å². The first-order valence-corrected chi connectivity index (χ1v) is 37.1. The molecule has 0 bridgehead atoms. The molecule has 526 valence electrons. The number of hydrogen-bond donors (Lipinski definition) is 7. The van der Waals surface area contributed by atoms with Crippen LogP contribution >= 0.6 is 0 Å². The molecule has 0 fully saturated rings. The molecule has 22 nitrogen and oxygen atoms in total. The third-order valence-corrected chi connectivity index (χ3v) is 26.4. The molecule has 0 radical (unpaired) electrons. The smallest absolute Gasteiger partial charge is 0.400 e. The Balaban J connectivity index is 0. The number of Topliss-reactive ketones (excluding diaryl/α,β-unsaturated/α-hetero) is 3. The zero-order chi connectivity index (χ0) is 67.4. The first kappa shape index (κ1) is 88.9. The minimum atomic E-state index is -3.82. The monoisotopic (exact) mass is 1360 g/mol. The van der Waals surface area contributed by atoms with Crippen molar-refractivity contribution >= 4 is 79.7 Å². The molecule has 0 saturated heterocycles. The van der Waals surface area contributed by atoms with Gasteiger partial charge in [0, 0.05) is 119 Å². The van der Waals surface area contributed by atoms with Crippen LogP contribution in [0.5, 0.6) is 0 Å². The molecule has 0 aliphatic heterocycles. The number of aliphatic hydroxyl groups is 1. The average molecular weight is 1360 g/mol. The fraction of sp³-hybridized carbons (Fsp3) is 0.603. The minimum Gasteiger partial charge on any atom is -0.400 e. The average Bonchev–Trinajstić information content (AvgIpc) is 0.855. The molecule has 0 aromatic heterocycles. The standard InChI is InChI=1S/C64H100N6O15Si3.CH4O.3CH4/c1-11-17-53(44(4)71)41-56(59(65)74)38-47-20-26-50(27-21-47)62(77)68-32-14-35-86(80-7)84-88(83-10,37-16-34-70-64(79)52-30-24-49(25-31-52)40-58(61(67)76)43-55(19-13-3)46(6)73)85-87(81-8,82-9)36-15-33-69-63(78)51-28-22-48(23-29-51)39-57(60(66)75)42-54(18-12-2)45(5)72;1-2;;;/h20-31,53-58,86H,11-19,32-43H2,1-10H3,(H2,65,74)(H2,66,75)(H2,67,76)(H,68,77)(H,69,78)(H,70,79);2H,1H3;3*1H4. The maximum Gasteiger partial charge on any atom is 0.493 e. The number of primary amides is 3. The molecule has 8 unspecified atom stereocenters. The summed E-state index contributed by atoms with van der Waals surface area (Å²) in [5.74, 6) is -4.63. The second-order valence-electron chi connectivity index (χ2n) is 23.0. The van der Waals surface area contributed by atoms with Gasteiger partial charge in [0.15, 0.2) is 0 Å². The first-order valence-electron chi connectivity index (χ1n) is 31.4. The summed E-state index contributed by atoms with van der Waals surface area (Å²) in [6.07, 6.45) is 7.79. The molecular weight excluding hydrogens is 1240 g/mol. The lowest BCUT2D eigenvalue weighted by atomic mass is 9.85. The van der Waals surface area contributed by atoms with Gasteiger partial charge in [0.25, 0.3) is 17.7 Å². The lowest BCUT2D eigenvalue weighted by Crippen LogP contribution is -2.59. The highest BCUT2D eigenvalue weighted by atomic mass is 28.5. The third-order valence-electron chi connectivity index (χ3n) is 16.3. The summed E-state index contributed by atoms with van der Waals surface area (Å²) in [7, 11) is -3.14. The van der Waals surface area contributed by atoms with Crippen LogP contribution in [0.3, 0.4) is 0 Å². The molecule has 6 amide bonds. The normalized spacial score (nSPS) is 13.9. The summed E-state index contributed by atoms with van der Waals surface area (Å²) in [6, 6.07) is 21.7. The number of aliphatic hydroxyl groups excluding tert-OH is 1. The number of amides is 6. The van der Waals surface area contributed by atoms with Crippen molar-refractivity contribution < 1.29 is 74.2 Å². The molecule has 0 saturated carbocycles. The largest absolute Gasteiger partial charge is 0.493 e. The van der Waals surface area contributed by atoms with Crippen LogP contribution in [0.25, 0.3) is 0 Å². The van der Waals surface area contributed by atoms with Crippen molar-refractivity contribution in [2.24, 2.45) is 52.7 Å². The van der Waals surface area contributed by atoms with Crippen molar-refractivity contribution in [3.05, 3.63) is 106 Å². The molecule has 0 spiro atoms. The van der Waals surface area contributed by atoms with Crippen molar-refractivity contribution in [2.45, 2.75) is 178 Å². The molecule has 8 atom stereocenters. The minimum absolute atomic E-state index is 0. The maximum absolute atomic E-state index is 13.5. The predicted octanol–water partition coefficient (Wildman–Crippen LogP) is 8.80. The van der Waals surface area contributed by atoms with E-state index in [1.54, 1.807) is 79.9 Å². The van der Waals surface area contributed by atoms with Gasteiger partial charge in [-0.15, -0.1) is 0 Å². The molecule has 0 heterocycles. The maximum atomic E-state index is 13.5. The number of benzene rings is 3. The number of carbonyl (C=O) groups excluding carboxylic acids is 9. The van der Waals surface area contributed by atoms with Crippen LogP contribution in [0.15, 0.2) is 72.8 Å². The van der Waals surface area contributed by atoms with Gasteiger partial charge in [0.1, 0.15) is 17.3 Å². The van der Waals surface area contributed by atoms with E-state index in [2.05, 4.69) is 16.0 Å². The van der Waals surface area contributed by atoms with Gasteiger partial charge >= 0.3 is 26.9 Å². The van der Waals surface area contributed by atoms with E-state index in [1.807, 2.05) is 20.8 Å². The van der Waals surface area contributed by atoms with E-state index in [4.69, 9.17) is 48.2 Å². The molecule has 0 aliphatic carbocycles. The molecule has 25 heteroatoms. The second-order valence-corrected chi connectivity index (χ2v) is 31.6. The molecule has 0 aliphatic rings. The third kappa shape index (κ3) is 31.8. The van der Waals surface area contributed by atoms with E-state index in [0.29, 0.717) is 99.8 Å². The zero-order valence-corrected chi connectivity index (χ0v) is 58.3. The van der Waals surface area contributed by atoms with Crippen molar-refractivity contribution in [3.8, 4) is 0 Å². The Labute approximate surface area is 559 Å². The van der Waals surface area contributed by atoms with Crippen LogP contribution < -0.4 is 33.2 Å². The van der Waals surface area contributed by atoms with Crippen LogP contribution in [0, 0.1) is 35.5 Å². The summed E-state index contributed by atoms with van der Waals surface area (Å²) in [5, 5.41) is 15.9. The van der Waals surface area contributed by atoms with E-state index >= 15 is 0 Å². The fourth-order valence-corrected chi connectivity index (χ4v) is 21.3. The second kappa shape index (κ2) is 47.7. The lowest BCUT2D eigenvalue weighted by Gasteiger charge is -2.38. The number of carbonyl (C=O) groups is 9. The summed E-state index contributed by atoms with van der Waals surface area (Å²) in [4.78, 5) is 114. The summed E-state index contributed by atoms with van der Waals surface area (Å²) in [5.41, 5.74) is 21.0. The van der Waals surface area contributed by atoms with E-state index in [1.165, 1.54) is 42.1 Å². The number of ketones is 3. The molecule has 3 aromatic rings. The topological polar surface area (TPSA) is 343 Å². The highest BCUT2D eigenvalue weighted by Crippen LogP contribution is 2.30. The Morgan fingerprint density at radius 3 is 0.978 bits per heavy atom. The van der Waals surface area contributed by atoms with Crippen LogP contribution in [-0.4, -0.2) is 140 Å². The number of nitrogens with two attached hydrogens (primary N) is 3. The van der Waals surface area contributed by atoms with Crippen LogP contribution in [0.1, 0.15) is 189 Å². The van der Waals surface area contributed by atoms with Gasteiger partial charge in [0.05, 0.1) is 0 Å². The van der Waals surface area contributed by atoms with Crippen LogP contribution in [0.2, 0.25) is 18.1 Å². The Bertz CT molecular complexity index is 2710. The van der Waals surface area contributed by atoms with Crippen LogP contribution in [0.4, 0.5) is 0 Å². The van der Waals surface area contributed by atoms with Gasteiger partial charge in [-0.2, -0.15) is 0 Å². The van der Waals surface area contributed by atoms with Crippen molar-refractivity contribution in [1.82, 2.24) is 16.0 Å². The SMILES string of the molecule is C.C.C.CCCC(CC(Cc1ccc(C(=O)NCCC[SiH](OC)O[Si](CCCNC(=O)c2ccc(CC(CC(CCC)C(C)=O)C(N)=O)cc2)(OC)O[Si](CCCNC(=O)c2ccc(CC(CC(CCC)C(C)=O)C(N)=O)cc2)(OC)OC)cc1)C(N)=O)C(C)=O.CO. The molecule has 10 N–H and O–H groups in total. The highest BCUT2D eigenvalue weighted by molar-refractivity contribution is 6.78. The Kier molecular flexibility index (Phi) is 45.6. The Hall–Kier alpha value is -6.14. The lowest BCUT2D eigenvalue weighted by molar-refractivity contribution is -0.126. The number of nitrogens with one attached hydrogen (secondary N) is 3. The first-order chi connectivity index (χ1) is 42.9. The fourth-order valence-electron chi connectivity index (χ4n) is 10.9. The highest BCUT2D eigenvalue weighted by Gasteiger charge is 2.53. The Morgan fingerprint density at radius 2 is 0.731 bits per heavy atom. The van der Waals surface area contributed by atoms with Gasteiger partial charge in [-0.05, 0) is 157 Å². The molecular formula is C68H116N6O16Si3. The Morgan fingerprint density at radius 1 is 0.452 bits per heavy atom. The van der Waals surface area contributed by atoms with Gasteiger partial charge in [-0.25, -0.2) is 0 Å². The van der Waals surface area contributed by atoms with E-state index in [9.17, 15) is 43.2 Å². The number of hydrogen-bond acceptors (Lipinski definition) is 16.